The Morgan fingerprint density at radius 3 is 2.23 bits per heavy atom. The van der Waals surface area contributed by atoms with Crippen LogP contribution in [-0.4, -0.2) is 78.6 Å². The minimum absolute atomic E-state index is 0.00222. The molecule has 0 aromatic heterocycles. The molecule has 2 unspecified atom stereocenters. The van der Waals surface area contributed by atoms with Gasteiger partial charge in [0.1, 0.15) is 17.8 Å². The van der Waals surface area contributed by atoms with Crippen molar-refractivity contribution in [1.82, 2.24) is 0 Å². The molecule has 1 amide bonds. The molecule has 10 nitrogen and oxygen atoms in total. The van der Waals surface area contributed by atoms with E-state index in [4.69, 9.17) is 28.9 Å². The first kappa shape index (κ1) is 30.9. The number of fused-ring (bicyclic) bond motifs is 3. The van der Waals surface area contributed by atoms with Crippen LogP contribution in [0, 0.1) is 34.5 Å². The predicted octanol–water partition coefficient (Wildman–Crippen LogP) is 1.11. The molecular formula is C28H35Cl2NO9. The fraction of sp³-hybridized carbons (Fsp3) is 0.643. The number of aliphatic hydroxyl groups is 4. The standard InChI is InChI=1S/C28H35Cl2NO9/c1-9(2)17-21(35)16(24(31)38)22(36)28(40)23(37)18-20(34)15-12(10(3)26(18,4)25(39)27(17,28)5)7-14(30)13(19(15)33)6-11(32)8-29/h7,9-10,16-18,21,23,25,33,35,37,39-40H,6,8H2,1-5H3,(H2,31,38)/t10-,16-,17+,18-,21?,23?,25-,26+,27+,28+/m1/s1. The lowest BCUT2D eigenvalue weighted by Gasteiger charge is -2.69. The first-order valence-electron chi connectivity index (χ1n) is 13.1. The van der Waals surface area contributed by atoms with Crippen molar-refractivity contribution in [3.63, 3.8) is 0 Å². The first-order chi connectivity index (χ1) is 18.4. The zero-order chi connectivity index (χ0) is 30.4. The maximum absolute atomic E-state index is 14.2. The monoisotopic (exact) mass is 599 g/mol. The SMILES string of the molecule is CC(C)[C@H]1C(O)[C@@H](C(N)=O)C(=O)[C@]2(O)C(O)[C@H]3C(=O)c4c(cc(Cl)c(CC(=O)CCl)c4O)[C@@H](C)[C@]3(C)[C@@H](O)[C@]12C. The van der Waals surface area contributed by atoms with E-state index in [-0.39, 0.29) is 34.0 Å². The minimum atomic E-state index is -2.88. The maximum atomic E-state index is 14.2. The number of halogens is 2. The van der Waals surface area contributed by atoms with Crippen LogP contribution in [0.15, 0.2) is 6.07 Å². The Labute approximate surface area is 241 Å². The van der Waals surface area contributed by atoms with Gasteiger partial charge in [-0.05, 0) is 29.4 Å². The lowest BCUT2D eigenvalue weighted by atomic mass is 9.36. The summed E-state index contributed by atoms with van der Waals surface area (Å²) >= 11 is 12.1. The molecule has 3 aliphatic rings. The molecule has 40 heavy (non-hydrogen) atoms. The van der Waals surface area contributed by atoms with Gasteiger partial charge in [0, 0.05) is 27.8 Å². The van der Waals surface area contributed by atoms with Crippen molar-refractivity contribution in [2.24, 2.45) is 40.2 Å². The average molecular weight is 600 g/mol. The fourth-order valence-corrected chi connectivity index (χ4v) is 8.61. The molecule has 1 aromatic rings. The van der Waals surface area contributed by atoms with Gasteiger partial charge in [0.15, 0.2) is 23.0 Å². The zero-order valence-electron chi connectivity index (χ0n) is 22.8. The molecule has 4 rings (SSSR count). The highest BCUT2D eigenvalue weighted by Crippen LogP contribution is 2.68. The van der Waals surface area contributed by atoms with Crippen molar-refractivity contribution >= 4 is 46.5 Å². The number of hydrogen-bond acceptors (Lipinski definition) is 9. The number of primary amides is 1. The Kier molecular flexibility index (Phi) is 7.52. The number of carbonyl (C=O) groups is 4. The van der Waals surface area contributed by atoms with E-state index in [9.17, 15) is 44.7 Å². The summed E-state index contributed by atoms with van der Waals surface area (Å²) in [5.41, 5.74) is -0.979. The summed E-state index contributed by atoms with van der Waals surface area (Å²) in [5, 5.41) is 58.6. The number of aromatic hydroxyl groups is 1. The van der Waals surface area contributed by atoms with Crippen LogP contribution in [0.4, 0.5) is 0 Å². The van der Waals surface area contributed by atoms with E-state index < -0.39 is 93.3 Å². The molecule has 2 saturated carbocycles. The van der Waals surface area contributed by atoms with E-state index in [1.54, 1.807) is 20.8 Å². The van der Waals surface area contributed by atoms with Crippen molar-refractivity contribution in [2.45, 2.75) is 70.9 Å². The lowest BCUT2D eigenvalue weighted by Crippen LogP contribution is -2.83. The molecule has 0 heterocycles. The summed E-state index contributed by atoms with van der Waals surface area (Å²) in [6.07, 6.45) is -5.91. The number of aliphatic hydroxyl groups excluding tert-OH is 3. The van der Waals surface area contributed by atoms with Gasteiger partial charge in [0.25, 0.3) is 0 Å². The van der Waals surface area contributed by atoms with Crippen LogP contribution in [0.2, 0.25) is 5.02 Å². The topological polar surface area (TPSA) is 195 Å². The van der Waals surface area contributed by atoms with Gasteiger partial charge >= 0.3 is 0 Å². The third-order valence-electron chi connectivity index (χ3n) is 10.3. The number of alkyl halides is 1. The number of benzene rings is 1. The van der Waals surface area contributed by atoms with E-state index in [1.807, 2.05) is 0 Å². The summed E-state index contributed by atoms with van der Waals surface area (Å²) in [5.74, 6) is -10.8. The van der Waals surface area contributed by atoms with Gasteiger partial charge in [-0.25, -0.2) is 0 Å². The summed E-state index contributed by atoms with van der Waals surface area (Å²) in [6.45, 7) is 7.90. The molecular weight excluding hydrogens is 565 g/mol. The molecule has 10 atom stereocenters. The summed E-state index contributed by atoms with van der Waals surface area (Å²) < 4.78 is 0. The summed E-state index contributed by atoms with van der Waals surface area (Å²) in [4.78, 5) is 52.4. The molecule has 220 valence electrons. The molecule has 1 aromatic carbocycles. The van der Waals surface area contributed by atoms with Gasteiger partial charge in [-0.15, -0.1) is 11.6 Å². The first-order valence-corrected chi connectivity index (χ1v) is 14.0. The number of nitrogens with two attached hydrogens (primary N) is 1. The third kappa shape index (κ3) is 3.56. The van der Waals surface area contributed by atoms with E-state index in [0.717, 1.165) is 0 Å². The second-order valence-electron chi connectivity index (χ2n) is 12.3. The van der Waals surface area contributed by atoms with E-state index >= 15 is 0 Å². The van der Waals surface area contributed by atoms with Crippen LogP contribution in [-0.2, 0) is 20.8 Å². The molecule has 7 N–H and O–H groups in total. The smallest absolute Gasteiger partial charge is 0.230 e. The average Bonchev–Trinajstić information content (AvgIpc) is 2.86. The molecule has 0 aliphatic heterocycles. The van der Waals surface area contributed by atoms with E-state index in [2.05, 4.69) is 0 Å². The Hall–Kier alpha value is -2.08. The predicted molar refractivity (Wildman–Crippen MR) is 144 cm³/mol. The lowest BCUT2D eigenvalue weighted by molar-refractivity contribution is -0.306. The number of carbonyl (C=O) groups excluding carboxylic acids is 4. The highest BCUT2D eigenvalue weighted by atomic mass is 35.5. The molecule has 2 fully saturated rings. The second kappa shape index (κ2) is 9.74. The Bertz CT molecular complexity index is 1320. The minimum Gasteiger partial charge on any atom is -0.507 e. The third-order valence-corrected chi connectivity index (χ3v) is 10.9. The maximum Gasteiger partial charge on any atom is 0.230 e. The van der Waals surface area contributed by atoms with Gasteiger partial charge in [-0.3, -0.25) is 19.2 Å². The van der Waals surface area contributed by atoms with Crippen LogP contribution >= 0.6 is 23.2 Å². The molecule has 0 radical (unpaired) electrons. The summed E-state index contributed by atoms with van der Waals surface area (Å²) in [6, 6.07) is 1.42. The van der Waals surface area contributed by atoms with Crippen LogP contribution in [0.25, 0.3) is 0 Å². The number of Topliss-reactive ketones (excluding diaryl/α,β-unsaturated/α-hetero) is 3. The van der Waals surface area contributed by atoms with Gasteiger partial charge in [0.05, 0.1) is 29.6 Å². The quantitative estimate of drug-likeness (QED) is 0.212. The van der Waals surface area contributed by atoms with Gasteiger partial charge < -0.3 is 31.3 Å². The van der Waals surface area contributed by atoms with Crippen LogP contribution < -0.4 is 5.73 Å². The van der Waals surface area contributed by atoms with Crippen molar-refractivity contribution in [3.8, 4) is 5.75 Å². The normalized spacial score (nSPS) is 40.9. The Morgan fingerprint density at radius 1 is 1.15 bits per heavy atom. The molecule has 0 spiro atoms. The Balaban J connectivity index is 2.03. The van der Waals surface area contributed by atoms with Gasteiger partial charge in [-0.1, -0.05) is 46.2 Å². The number of phenols is 1. The highest BCUT2D eigenvalue weighted by Gasteiger charge is 2.80. The number of amides is 1. The number of hydrogen-bond donors (Lipinski definition) is 6. The van der Waals surface area contributed by atoms with Crippen LogP contribution in [0.5, 0.6) is 5.75 Å². The van der Waals surface area contributed by atoms with Gasteiger partial charge in [-0.2, -0.15) is 0 Å². The van der Waals surface area contributed by atoms with E-state index in [1.165, 1.54) is 19.9 Å². The number of ketones is 3. The Morgan fingerprint density at radius 2 is 1.73 bits per heavy atom. The fourth-order valence-electron chi connectivity index (χ4n) is 8.24. The van der Waals surface area contributed by atoms with Crippen molar-refractivity contribution in [1.29, 1.82) is 0 Å². The van der Waals surface area contributed by atoms with Crippen molar-refractivity contribution in [3.05, 3.63) is 27.8 Å². The van der Waals surface area contributed by atoms with Crippen LogP contribution in [0.3, 0.4) is 0 Å². The molecule has 12 heteroatoms. The van der Waals surface area contributed by atoms with Crippen molar-refractivity contribution in [2.75, 3.05) is 5.88 Å². The largest absolute Gasteiger partial charge is 0.507 e. The molecule has 0 saturated heterocycles. The van der Waals surface area contributed by atoms with Crippen molar-refractivity contribution < 1.29 is 44.7 Å². The van der Waals surface area contributed by atoms with Gasteiger partial charge in [0.2, 0.25) is 5.91 Å². The second-order valence-corrected chi connectivity index (χ2v) is 13.0. The molecule has 0 bridgehead atoms. The van der Waals surface area contributed by atoms with E-state index in [0.29, 0.717) is 0 Å². The number of phenolic OH excluding ortho intramolecular Hbond substituents is 1. The number of rotatable bonds is 5. The molecule has 3 aliphatic carbocycles. The highest BCUT2D eigenvalue weighted by molar-refractivity contribution is 6.33. The zero-order valence-corrected chi connectivity index (χ0v) is 24.3. The van der Waals surface area contributed by atoms with Crippen LogP contribution in [0.1, 0.15) is 62.0 Å². The summed E-state index contributed by atoms with van der Waals surface area (Å²) in [7, 11) is 0.